The van der Waals surface area contributed by atoms with Gasteiger partial charge in [0, 0.05) is 6.61 Å². The van der Waals surface area contributed by atoms with E-state index in [1.807, 2.05) is 11.8 Å². The second-order valence-electron chi connectivity index (χ2n) is 3.11. The average Bonchev–Trinajstić information content (AvgIpc) is 2.08. The average molecular weight is 176 g/mol. The Bertz CT molecular complexity index is 81.3. The summed E-state index contributed by atoms with van der Waals surface area (Å²) in [5, 5.41) is 9.19. The summed E-state index contributed by atoms with van der Waals surface area (Å²) in [5.74, 6) is 1.17. The van der Waals surface area contributed by atoms with Crippen molar-refractivity contribution in [2.24, 2.45) is 5.41 Å². The van der Waals surface area contributed by atoms with Crippen molar-refractivity contribution >= 4 is 11.8 Å². The van der Waals surface area contributed by atoms with Gasteiger partial charge in [0.2, 0.25) is 0 Å². The van der Waals surface area contributed by atoms with E-state index in [2.05, 4.69) is 20.1 Å². The first-order valence-electron chi connectivity index (χ1n) is 4.34. The van der Waals surface area contributed by atoms with E-state index in [1.165, 1.54) is 5.75 Å². The second-order valence-corrected chi connectivity index (χ2v) is 4.09. The molecule has 0 fully saturated rings. The zero-order valence-electron chi connectivity index (χ0n) is 7.89. The van der Waals surface area contributed by atoms with Crippen LogP contribution in [0.1, 0.15) is 33.1 Å². The molecule has 0 bridgehead atoms. The first-order valence-corrected chi connectivity index (χ1v) is 5.74. The maximum atomic E-state index is 9.19. The van der Waals surface area contributed by atoms with E-state index < -0.39 is 0 Å². The molecule has 0 saturated heterocycles. The van der Waals surface area contributed by atoms with E-state index in [1.54, 1.807) is 0 Å². The van der Waals surface area contributed by atoms with Crippen LogP contribution in [0.4, 0.5) is 0 Å². The zero-order chi connectivity index (χ0) is 8.74. The molecule has 68 valence electrons. The molecular weight excluding hydrogens is 156 g/mol. The lowest BCUT2D eigenvalue weighted by molar-refractivity contribution is 0.112. The Balaban J connectivity index is 3.84. The molecule has 0 amide bonds. The molecule has 0 aromatic rings. The van der Waals surface area contributed by atoms with E-state index in [0.29, 0.717) is 6.61 Å². The SMILES string of the molecule is CCC(CC)(CO)CCSC. The van der Waals surface area contributed by atoms with Gasteiger partial charge in [-0.1, -0.05) is 13.8 Å². The summed E-state index contributed by atoms with van der Waals surface area (Å²) in [6.45, 7) is 4.68. The number of rotatable bonds is 6. The van der Waals surface area contributed by atoms with Gasteiger partial charge < -0.3 is 5.11 Å². The molecule has 0 aliphatic carbocycles. The molecule has 0 spiro atoms. The minimum Gasteiger partial charge on any atom is -0.396 e. The van der Waals surface area contributed by atoms with Gasteiger partial charge in [-0.05, 0) is 36.7 Å². The number of thioether (sulfide) groups is 1. The molecule has 2 heteroatoms. The molecule has 0 heterocycles. The maximum Gasteiger partial charge on any atom is 0.0487 e. The van der Waals surface area contributed by atoms with Crippen LogP contribution in [0.25, 0.3) is 0 Å². The monoisotopic (exact) mass is 176 g/mol. The van der Waals surface area contributed by atoms with Gasteiger partial charge in [-0.2, -0.15) is 11.8 Å². The van der Waals surface area contributed by atoms with Gasteiger partial charge in [-0.25, -0.2) is 0 Å². The predicted molar refractivity (Wildman–Crippen MR) is 53.1 cm³/mol. The van der Waals surface area contributed by atoms with Crippen LogP contribution >= 0.6 is 11.8 Å². The van der Waals surface area contributed by atoms with E-state index in [0.717, 1.165) is 19.3 Å². The summed E-state index contributed by atoms with van der Waals surface area (Å²) < 4.78 is 0. The fourth-order valence-corrected chi connectivity index (χ4v) is 1.86. The topological polar surface area (TPSA) is 20.2 Å². The summed E-state index contributed by atoms with van der Waals surface area (Å²) in [6.07, 6.45) is 5.46. The van der Waals surface area contributed by atoms with Gasteiger partial charge in [0.15, 0.2) is 0 Å². The zero-order valence-corrected chi connectivity index (χ0v) is 8.71. The van der Waals surface area contributed by atoms with Gasteiger partial charge in [0.05, 0.1) is 0 Å². The summed E-state index contributed by atoms with van der Waals surface area (Å²) >= 11 is 1.86. The van der Waals surface area contributed by atoms with Crippen molar-refractivity contribution < 1.29 is 5.11 Å². The quantitative estimate of drug-likeness (QED) is 0.671. The second kappa shape index (κ2) is 5.90. The van der Waals surface area contributed by atoms with E-state index in [9.17, 15) is 5.11 Å². The third-order valence-corrected chi connectivity index (χ3v) is 3.28. The van der Waals surface area contributed by atoms with Crippen LogP contribution < -0.4 is 0 Å². The van der Waals surface area contributed by atoms with E-state index in [4.69, 9.17) is 0 Å². The lowest BCUT2D eigenvalue weighted by Gasteiger charge is -2.28. The summed E-state index contributed by atoms with van der Waals surface area (Å²) in [7, 11) is 0. The van der Waals surface area contributed by atoms with Crippen molar-refractivity contribution in [2.75, 3.05) is 18.6 Å². The number of hydrogen-bond acceptors (Lipinski definition) is 2. The molecule has 1 nitrogen and oxygen atoms in total. The van der Waals surface area contributed by atoms with Crippen LogP contribution in [0, 0.1) is 5.41 Å². The Kier molecular flexibility index (Phi) is 6.06. The van der Waals surface area contributed by atoms with Crippen molar-refractivity contribution in [2.45, 2.75) is 33.1 Å². The molecule has 0 radical (unpaired) electrons. The molecule has 11 heavy (non-hydrogen) atoms. The van der Waals surface area contributed by atoms with Crippen LogP contribution in [0.3, 0.4) is 0 Å². The highest BCUT2D eigenvalue weighted by Crippen LogP contribution is 2.30. The van der Waals surface area contributed by atoms with Gasteiger partial charge in [0.25, 0.3) is 0 Å². The summed E-state index contributed by atoms with van der Waals surface area (Å²) in [4.78, 5) is 0. The predicted octanol–water partition coefficient (Wildman–Crippen LogP) is 2.54. The lowest BCUT2D eigenvalue weighted by atomic mass is 9.81. The fourth-order valence-electron chi connectivity index (χ4n) is 1.22. The Labute approximate surface area is 74.6 Å². The van der Waals surface area contributed by atoms with Crippen molar-refractivity contribution in [3.05, 3.63) is 0 Å². The number of aliphatic hydroxyl groups is 1. The van der Waals surface area contributed by atoms with E-state index in [-0.39, 0.29) is 5.41 Å². The first kappa shape index (κ1) is 11.3. The largest absolute Gasteiger partial charge is 0.396 e. The standard InChI is InChI=1S/C9H20OS/c1-4-9(5-2,8-10)6-7-11-3/h10H,4-8H2,1-3H3. The highest BCUT2D eigenvalue weighted by Gasteiger charge is 2.23. The Hall–Kier alpha value is 0.310. The molecule has 0 atom stereocenters. The van der Waals surface area contributed by atoms with Gasteiger partial charge in [-0.3, -0.25) is 0 Å². The molecule has 0 aliphatic rings. The molecule has 0 aromatic carbocycles. The molecular formula is C9H20OS. The molecule has 0 aromatic heterocycles. The molecule has 1 N–H and O–H groups in total. The molecule has 0 unspecified atom stereocenters. The minimum atomic E-state index is 0.211. The molecule has 0 rings (SSSR count). The first-order chi connectivity index (χ1) is 5.24. The van der Waals surface area contributed by atoms with Crippen LogP contribution in [-0.2, 0) is 0 Å². The Morgan fingerprint density at radius 1 is 1.27 bits per heavy atom. The third-order valence-electron chi connectivity index (χ3n) is 2.67. The third kappa shape index (κ3) is 3.48. The van der Waals surface area contributed by atoms with Crippen LogP contribution in [0.5, 0.6) is 0 Å². The maximum absolute atomic E-state index is 9.19. The van der Waals surface area contributed by atoms with Gasteiger partial charge in [-0.15, -0.1) is 0 Å². The van der Waals surface area contributed by atoms with Crippen molar-refractivity contribution in [3.63, 3.8) is 0 Å². The summed E-state index contributed by atoms with van der Waals surface area (Å²) in [6, 6.07) is 0. The smallest absolute Gasteiger partial charge is 0.0487 e. The highest BCUT2D eigenvalue weighted by atomic mass is 32.2. The Morgan fingerprint density at radius 3 is 2.09 bits per heavy atom. The highest BCUT2D eigenvalue weighted by molar-refractivity contribution is 7.98. The number of hydrogen-bond donors (Lipinski definition) is 1. The van der Waals surface area contributed by atoms with Crippen LogP contribution in [-0.4, -0.2) is 23.7 Å². The molecule has 0 aliphatic heterocycles. The van der Waals surface area contributed by atoms with Crippen LogP contribution in [0.2, 0.25) is 0 Å². The molecule has 0 saturated carbocycles. The number of aliphatic hydroxyl groups excluding tert-OH is 1. The lowest BCUT2D eigenvalue weighted by Crippen LogP contribution is -2.24. The Morgan fingerprint density at radius 2 is 1.82 bits per heavy atom. The van der Waals surface area contributed by atoms with Crippen LogP contribution in [0.15, 0.2) is 0 Å². The van der Waals surface area contributed by atoms with Crippen molar-refractivity contribution in [1.29, 1.82) is 0 Å². The summed E-state index contributed by atoms with van der Waals surface area (Å²) in [5.41, 5.74) is 0.211. The normalized spacial score (nSPS) is 12.0. The van der Waals surface area contributed by atoms with Gasteiger partial charge in [0.1, 0.15) is 0 Å². The minimum absolute atomic E-state index is 0.211. The fraction of sp³-hybridized carbons (Fsp3) is 1.00. The van der Waals surface area contributed by atoms with E-state index >= 15 is 0 Å². The van der Waals surface area contributed by atoms with Crippen molar-refractivity contribution in [1.82, 2.24) is 0 Å². The van der Waals surface area contributed by atoms with Gasteiger partial charge >= 0.3 is 0 Å². The van der Waals surface area contributed by atoms with Crippen molar-refractivity contribution in [3.8, 4) is 0 Å².